The number of morpholine rings is 1. The highest BCUT2D eigenvalue weighted by atomic mass is 19.1. The molecule has 4 rings (SSSR count). The molecule has 37 heavy (non-hydrogen) atoms. The smallest absolute Gasteiger partial charge is 0.356 e. The molecular formula is C26H27FN4O6. The van der Waals surface area contributed by atoms with E-state index in [0.717, 1.165) is 6.07 Å². The summed E-state index contributed by atoms with van der Waals surface area (Å²) in [6, 6.07) is 11.0. The standard InChI is InChI=1S/C26H27FN4O6/c1-3-37-26(34)23(28)19-10-11-31(18-7-5-17(6-8-18)30-12-13-36-15-22(30)32)25(33)24(19)29-16-4-9-21(35-2)20(27)14-16/h4-9,14,28-29H,3,10-13,15H2,1-2H3. The molecule has 0 aromatic heterocycles. The first-order valence-corrected chi connectivity index (χ1v) is 11.7. The van der Waals surface area contributed by atoms with Crippen molar-refractivity contribution in [3.63, 3.8) is 0 Å². The number of nitrogens with zero attached hydrogens (tertiary/aromatic N) is 2. The zero-order valence-corrected chi connectivity index (χ0v) is 20.5. The second-order valence-electron chi connectivity index (χ2n) is 8.24. The Morgan fingerprint density at radius 3 is 2.43 bits per heavy atom. The van der Waals surface area contributed by atoms with E-state index in [1.54, 1.807) is 36.1 Å². The zero-order chi connectivity index (χ0) is 26.5. The Kier molecular flexibility index (Phi) is 7.83. The van der Waals surface area contributed by atoms with Gasteiger partial charge in [0.25, 0.3) is 11.8 Å². The highest BCUT2D eigenvalue weighted by molar-refractivity contribution is 6.43. The molecule has 1 saturated heterocycles. The molecule has 194 valence electrons. The zero-order valence-electron chi connectivity index (χ0n) is 20.5. The van der Waals surface area contributed by atoms with Gasteiger partial charge >= 0.3 is 5.97 Å². The van der Waals surface area contributed by atoms with Crippen LogP contribution in [0.5, 0.6) is 5.75 Å². The topological polar surface area (TPSA) is 121 Å². The van der Waals surface area contributed by atoms with Gasteiger partial charge in [-0.1, -0.05) is 0 Å². The highest BCUT2D eigenvalue weighted by Crippen LogP contribution is 2.30. The number of anilines is 3. The Morgan fingerprint density at radius 2 is 1.81 bits per heavy atom. The molecule has 0 aliphatic carbocycles. The molecule has 2 heterocycles. The number of esters is 1. The van der Waals surface area contributed by atoms with Crippen molar-refractivity contribution in [3.05, 3.63) is 59.6 Å². The molecule has 0 bridgehead atoms. The van der Waals surface area contributed by atoms with E-state index in [9.17, 15) is 18.8 Å². The predicted octanol–water partition coefficient (Wildman–Crippen LogP) is 2.88. The minimum absolute atomic E-state index is 0.0212. The van der Waals surface area contributed by atoms with Crippen LogP contribution in [0.3, 0.4) is 0 Å². The van der Waals surface area contributed by atoms with E-state index in [4.69, 9.17) is 19.6 Å². The minimum atomic E-state index is -0.849. The van der Waals surface area contributed by atoms with Crippen LogP contribution in [-0.2, 0) is 23.9 Å². The summed E-state index contributed by atoms with van der Waals surface area (Å²) in [5.41, 5.74) is 1.21. The molecule has 10 nitrogen and oxygen atoms in total. The summed E-state index contributed by atoms with van der Waals surface area (Å²) in [5, 5.41) is 11.2. The summed E-state index contributed by atoms with van der Waals surface area (Å²) in [6.45, 7) is 2.81. The third kappa shape index (κ3) is 5.46. The van der Waals surface area contributed by atoms with E-state index in [-0.39, 0.29) is 54.8 Å². The van der Waals surface area contributed by atoms with E-state index in [1.165, 1.54) is 24.1 Å². The number of nitrogens with one attached hydrogen (secondary N) is 2. The number of hydrogen-bond acceptors (Lipinski definition) is 8. The lowest BCUT2D eigenvalue weighted by Gasteiger charge is -2.32. The van der Waals surface area contributed by atoms with E-state index < -0.39 is 23.4 Å². The van der Waals surface area contributed by atoms with Gasteiger partial charge in [-0.15, -0.1) is 0 Å². The van der Waals surface area contributed by atoms with Gasteiger partial charge in [-0.3, -0.25) is 15.0 Å². The minimum Gasteiger partial charge on any atom is -0.494 e. The molecule has 0 unspecified atom stereocenters. The molecule has 0 saturated carbocycles. The van der Waals surface area contributed by atoms with Gasteiger partial charge < -0.3 is 29.3 Å². The Labute approximate surface area is 213 Å². The van der Waals surface area contributed by atoms with Crippen molar-refractivity contribution in [2.45, 2.75) is 13.3 Å². The van der Waals surface area contributed by atoms with Crippen molar-refractivity contribution in [2.75, 3.05) is 55.1 Å². The average molecular weight is 511 g/mol. The summed E-state index contributed by atoms with van der Waals surface area (Å²) in [5.74, 6) is -2.09. The normalized spacial score (nSPS) is 16.1. The van der Waals surface area contributed by atoms with Crippen molar-refractivity contribution in [2.24, 2.45) is 0 Å². The lowest BCUT2D eigenvalue weighted by Crippen LogP contribution is -2.42. The fraction of sp³-hybridized carbons (Fsp3) is 0.308. The van der Waals surface area contributed by atoms with Gasteiger partial charge in [-0.25, -0.2) is 9.18 Å². The summed E-state index contributed by atoms with van der Waals surface area (Å²) in [6.07, 6.45) is 0.189. The van der Waals surface area contributed by atoms with Gasteiger partial charge in [0.1, 0.15) is 18.0 Å². The van der Waals surface area contributed by atoms with Gasteiger partial charge in [0, 0.05) is 41.8 Å². The molecule has 0 radical (unpaired) electrons. The van der Waals surface area contributed by atoms with Crippen molar-refractivity contribution in [1.82, 2.24) is 0 Å². The van der Waals surface area contributed by atoms with Crippen LogP contribution in [0.4, 0.5) is 21.5 Å². The molecule has 0 spiro atoms. The van der Waals surface area contributed by atoms with E-state index in [1.807, 2.05) is 0 Å². The lowest BCUT2D eigenvalue weighted by atomic mass is 9.98. The molecule has 2 aliphatic rings. The van der Waals surface area contributed by atoms with Crippen LogP contribution < -0.4 is 19.9 Å². The van der Waals surface area contributed by atoms with Gasteiger partial charge in [0.2, 0.25) is 0 Å². The quantitative estimate of drug-likeness (QED) is 0.414. The molecule has 11 heteroatoms. The van der Waals surface area contributed by atoms with Crippen LogP contribution >= 0.6 is 0 Å². The second kappa shape index (κ2) is 11.2. The number of amides is 2. The molecule has 2 aliphatic heterocycles. The van der Waals surface area contributed by atoms with E-state index in [2.05, 4.69) is 5.32 Å². The SMILES string of the molecule is CCOC(=O)C(=N)C1=C(Nc2ccc(OC)c(F)c2)C(=O)N(c2ccc(N3CCOCC3=O)cc2)CC1. The van der Waals surface area contributed by atoms with Crippen LogP contribution in [0, 0.1) is 11.2 Å². The Morgan fingerprint density at radius 1 is 1.11 bits per heavy atom. The van der Waals surface area contributed by atoms with E-state index in [0.29, 0.717) is 24.5 Å². The van der Waals surface area contributed by atoms with Crippen LogP contribution in [0.1, 0.15) is 13.3 Å². The largest absolute Gasteiger partial charge is 0.494 e. The van der Waals surface area contributed by atoms with Gasteiger partial charge in [0.15, 0.2) is 11.6 Å². The lowest BCUT2D eigenvalue weighted by molar-refractivity contribution is -0.135. The maximum Gasteiger partial charge on any atom is 0.356 e. The van der Waals surface area contributed by atoms with E-state index >= 15 is 0 Å². The van der Waals surface area contributed by atoms with Crippen molar-refractivity contribution < 1.29 is 33.0 Å². The molecule has 2 aromatic carbocycles. The molecule has 2 aromatic rings. The Balaban J connectivity index is 1.64. The highest BCUT2D eigenvalue weighted by Gasteiger charge is 2.33. The summed E-state index contributed by atoms with van der Waals surface area (Å²) in [4.78, 5) is 41.2. The molecule has 1 fully saturated rings. The average Bonchev–Trinajstić information content (AvgIpc) is 2.90. The van der Waals surface area contributed by atoms with Gasteiger partial charge in [-0.05, 0) is 49.7 Å². The monoisotopic (exact) mass is 510 g/mol. The fourth-order valence-corrected chi connectivity index (χ4v) is 4.16. The van der Waals surface area contributed by atoms with Crippen molar-refractivity contribution in [1.29, 1.82) is 5.41 Å². The Bertz CT molecular complexity index is 1260. The predicted molar refractivity (Wildman–Crippen MR) is 135 cm³/mol. The summed E-state index contributed by atoms with van der Waals surface area (Å²) < 4.78 is 29.4. The summed E-state index contributed by atoms with van der Waals surface area (Å²) >= 11 is 0. The molecule has 0 atom stereocenters. The molecule has 2 amide bonds. The third-order valence-electron chi connectivity index (χ3n) is 6.01. The summed E-state index contributed by atoms with van der Waals surface area (Å²) in [7, 11) is 1.34. The van der Waals surface area contributed by atoms with Gasteiger partial charge in [0.05, 0.1) is 20.3 Å². The first-order valence-electron chi connectivity index (χ1n) is 11.7. The number of rotatable bonds is 8. The number of benzene rings is 2. The number of carbonyl (C=O) groups excluding carboxylic acids is 3. The third-order valence-corrected chi connectivity index (χ3v) is 6.01. The van der Waals surface area contributed by atoms with Gasteiger partial charge in [-0.2, -0.15) is 0 Å². The molecular weight excluding hydrogens is 483 g/mol. The molecule has 2 N–H and O–H groups in total. The van der Waals surface area contributed by atoms with Crippen LogP contribution in [0.15, 0.2) is 53.7 Å². The number of hydrogen-bond donors (Lipinski definition) is 2. The number of halogens is 1. The number of ether oxygens (including phenoxy) is 3. The second-order valence-corrected chi connectivity index (χ2v) is 8.24. The fourth-order valence-electron chi connectivity index (χ4n) is 4.16. The number of carbonyl (C=O) groups is 3. The number of methoxy groups -OCH3 is 1. The van der Waals surface area contributed by atoms with Crippen LogP contribution in [-0.4, -0.2) is 63.5 Å². The first kappa shape index (κ1) is 25.8. The van der Waals surface area contributed by atoms with Crippen molar-refractivity contribution in [3.8, 4) is 5.75 Å². The first-order chi connectivity index (χ1) is 17.8. The maximum absolute atomic E-state index is 14.3. The van der Waals surface area contributed by atoms with Crippen LogP contribution in [0.2, 0.25) is 0 Å². The van der Waals surface area contributed by atoms with Crippen LogP contribution in [0.25, 0.3) is 0 Å². The van der Waals surface area contributed by atoms with Crippen molar-refractivity contribution >= 4 is 40.6 Å². The maximum atomic E-state index is 14.3. The Hall–Kier alpha value is -4.25.